The summed E-state index contributed by atoms with van der Waals surface area (Å²) in [5.41, 5.74) is 2.04. The van der Waals surface area contributed by atoms with Crippen LogP contribution in [0.5, 0.6) is 0 Å². The fourth-order valence-corrected chi connectivity index (χ4v) is 8.55. The number of aliphatic hydroxyl groups excluding tert-OH is 1. The molecule has 8 atom stereocenters. The van der Waals surface area contributed by atoms with E-state index in [4.69, 9.17) is 0 Å². The van der Waals surface area contributed by atoms with Gasteiger partial charge in [-0.3, -0.25) is 0 Å². The Balaban J connectivity index is 1.54. The number of aliphatic hydroxyl groups is 3. The number of fused-ring (bicyclic) bond motifs is 5. The van der Waals surface area contributed by atoms with Crippen molar-refractivity contribution in [2.45, 2.75) is 111 Å². The summed E-state index contributed by atoms with van der Waals surface area (Å²) in [5, 5.41) is 32.2. The molecule has 0 heterocycles. The molecule has 3 nitrogen and oxygen atoms in total. The standard InChI is InChI=1S/C27H46O3/c1-17(2)10-15-27(29,30)18(3)22-8-9-23-21-7-6-19-16-20(28)11-13-25(19,4)24(21)12-14-26(22,23)5/h6,17-18,20-24,28-30H,7-16H2,1-5H3/t18-,20+,21+,22-,23+,24+,25+,26+/m1/s1. The smallest absolute Gasteiger partial charge is 0.165 e. The van der Waals surface area contributed by atoms with Crippen LogP contribution in [0.3, 0.4) is 0 Å². The van der Waals surface area contributed by atoms with Gasteiger partial charge in [-0.05, 0) is 98.2 Å². The number of allylic oxidation sites excluding steroid dienone is 1. The third kappa shape index (κ3) is 3.61. The largest absolute Gasteiger partial charge is 0.393 e. The first kappa shape index (κ1) is 22.8. The molecule has 0 bridgehead atoms. The minimum atomic E-state index is -1.55. The van der Waals surface area contributed by atoms with E-state index in [1.807, 2.05) is 0 Å². The van der Waals surface area contributed by atoms with Crippen LogP contribution in [-0.2, 0) is 0 Å². The van der Waals surface area contributed by atoms with Crippen molar-refractivity contribution < 1.29 is 15.3 Å². The lowest BCUT2D eigenvalue weighted by molar-refractivity contribution is -0.224. The van der Waals surface area contributed by atoms with Crippen LogP contribution in [0.1, 0.15) is 98.8 Å². The van der Waals surface area contributed by atoms with Gasteiger partial charge in [0.25, 0.3) is 0 Å². The number of rotatable bonds is 5. The van der Waals surface area contributed by atoms with Crippen molar-refractivity contribution in [1.82, 2.24) is 0 Å². The van der Waals surface area contributed by atoms with Gasteiger partial charge in [0, 0.05) is 12.3 Å². The lowest BCUT2D eigenvalue weighted by Gasteiger charge is -2.58. The molecule has 3 N–H and O–H groups in total. The molecule has 0 aromatic carbocycles. The fraction of sp³-hybridized carbons (Fsp3) is 0.926. The Morgan fingerprint density at radius 1 is 1.03 bits per heavy atom. The summed E-state index contributed by atoms with van der Waals surface area (Å²) in [5.74, 6) is 1.45. The third-order valence-corrected chi connectivity index (χ3v) is 10.6. The van der Waals surface area contributed by atoms with Crippen molar-refractivity contribution >= 4 is 0 Å². The quantitative estimate of drug-likeness (QED) is 0.398. The van der Waals surface area contributed by atoms with Crippen LogP contribution in [0.4, 0.5) is 0 Å². The Hall–Kier alpha value is -0.380. The van der Waals surface area contributed by atoms with E-state index >= 15 is 0 Å². The average Bonchev–Trinajstić information content (AvgIpc) is 3.03. The summed E-state index contributed by atoms with van der Waals surface area (Å²) in [6.45, 7) is 11.4. The number of hydrogen-bond donors (Lipinski definition) is 3. The summed E-state index contributed by atoms with van der Waals surface area (Å²) >= 11 is 0. The third-order valence-electron chi connectivity index (χ3n) is 10.6. The van der Waals surface area contributed by atoms with Crippen molar-refractivity contribution in [2.75, 3.05) is 0 Å². The van der Waals surface area contributed by atoms with Crippen LogP contribution in [0, 0.1) is 46.3 Å². The fourth-order valence-electron chi connectivity index (χ4n) is 8.55. The highest BCUT2D eigenvalue weighted by Crippen LogP contribution is 2.67. The van der Waals surface area contributed by atoms with Gasteiger partial charge in [-0.2, -0.15) is 0 Å². The lowest BCUT2D eigenvalue weighted by Crippen LogP contribution is -2.52. The van der Waals surface area contributed by atoms with Gasteiger partial charge in [0.2, 0.25) is 0 Å². The second-order valence-electron chi connectivity index (χ2n) is 12.5. The molecule has 172 valence electrons. The first-order chi connectivity index (χ1) is 14.0. The van der Waals surface area contributed by atoms with E-state index in [9.17, 15) is 15.3 Å². The Morgan fingerprint density at radius 3 is 2.47 bits per heavy atom. The van der Waals surface area contributed by atoms with Gasteiger partial charge >= 0.3 is 0 Å². The molecule has 0 saturated heterocycles. The topological polar surface area (TPSA) is 60.7 Å². The molecule has 0 aromatic rings. The van der Waals surface area contributed by atoms with E-state index in [-0.39, 0.29) is 22.9 Å². The van der Waals surface area contributed by atoms with E-state index < -0.39 is 5.79 Å². The van der Waals surface area contributed by atoms with Crippen molar-refractivity contribution in [3.63, 3.8) is 0 Å². The molecule has 4 aliphatic rings. The van der Waals surface area contributed by atoms with Crippen LogP contribution >= 0.6 is 0 Å². The Labute approximate surface area is 184 Å². The summed E-state index contributed by atoms with van der Waals surface area (Å²) in [6.07, 6.45) is 12.7. The molecule has 0 amide bonds. The van der Waals surface area contributed by atoms with Gasteiger partial charge in [0.1, 0.15) is 0 Å². The first-order valence-electron chi connectivity index (χ1n) is 12.8. The van der Waals surface area contributed by atoms with Crippen LogP contribution in [0.2, 0.25) is 0 Å². The van der Waals surface area contributed by atoms with Gasteiger partial charge in [0.15, 0.2) is 5.79 Å². The molecule has 0 radical (unpaired) electrons. The Kier molecular flexibility index (Phi) is 5.99. The van der Waals surface area contributed by atoms with E-state index in [0.29, 0.717) is 24.2 Å². The molecular weight excluding hydrogens is 372 g/mol. The minimum absolute atomic E-state index is 0.0714. The Morgan fingerprint density at radius 2 is 1.77 bits per heavy atom. The molecule has 3 saturated carbocycles. The van der Waals surface area contributed by atoms with Crippen molar-refractivity contribution in [3.8, 4) is 0 Å². The molecule has 0 aromatic heterocycles. The molecule has 0 aliphatic heterocycles. The molecule has 4 aliphatic carbocycles. The second kappa shape index (κ2) is 7.89. The maximum atomic E-state index is 11.0. The van der Waals surface area contributed by atoms with Crippen LogP contribution in [-0.4, -0.2) is 27.2 Å². The lowest BCUT2D eigenvalue weighted by atomic mass is 9.47. The monoisotopic (exact) mass is 418 g/mol. The first-order valence-corrected chi connectivity index (χ1v) is 12.8. The van der Waals surface area contributed by atoms with Gasteiger partial charge in [-0.1, -0.05) is 46.3 Å². The van der Waals surface area contributed by atoms with Crippen molar-refractivity contribution in [1.29, 1.82) is 0 Å². The summed E-state index contributed by atoms with van der Waals surface area (Å²) in [7, 11) is 0. The zero-order valence-electron chi connectivity index (χ0n) is 20.0. The molecule has 30 heavy (non-hydrogen) atoms. The van der Waals surface area contributed by atoms with E-state index in [2.05, 4.69) is 40.7 Å². The van der Waals surface area contributed by atoms with Gasteiger partial charge in [-0.25, -0.2) is 0 Å². The summed E-state index contributed by atoms with van der Waals surface area (Å²) in [6, 6.07) is 0. The second-order valence-corrected chi connectivity index (χ2v) is 12.5. The zero-order chi connectivity index (χ0) is 21.9. The highest BCUT2D eigenvalue weighted by atomic mass is 16.5. The highest BCUT2D eigenvalue weighted by molar-refractivity contribution is 5.25. The molecule has 3 heteroatoms. The zero-order valence-corrected chi connectivity index (χ0v) is 20.0. The highest BCUT2D eigenvalue weighted by Gasteiger charge is 2.60. The van der Waals surface area contributed by atoms with E-state index in [1.165, 1.54) is 31.3 Å². The summed E-state index contributed by atoms with van der Waals surface area (Å²) < 4.78 is 0. The summed E-state index contributed by atoms with van der Waals surface area (Å²) in [4.78, 5) is 0. The maximum Gasteiger partial charge on any atom is 0.165 e. The predicted octanol–water partition coefficient (Wildman–Crippen LogP) is 5.68. The van der Waals surface area contributed by atoms with E-state index in [1.54, 1.807) is 0 Å². The van der Waals surface area contributed by atoms with E-state index in [0.717, 1.165) is 43.9 Å². The van der Waals surface area contributed by atoms with Crippen molar-refractivity contribution in [2.24, 2.45) is 46.3 Å². The Bertz CT molecular complexity index is 667. The molecule has 3 fully saturated rings. The molecular formula is C27H46O3. The molecule has 0 spiro atoms. The SMILES string of the molecule is CC(C)CCC(O)(O)[C@H](C)[C@H]1CC[C@H]2[C@@H]3CC=C4C[C@@H](O)CC[C@]4(C)[C@H]3CC[C@@]12C. The van der Waals surface area contributed by atoms with Crippen LogP contribution in [0.25, 0.3) is 0 Å². The van der Waals surface area contributed by atoms with Crippen LogP contribution < -0.4 is 0 Å². The van der Waals surface area contributed by atoms with Crippen molar-refractivity contribution in [3.05, 3.63) is 11.6 Å². The predicted molar refractivity (Wildman–Crippen MR) is 122 cm³/mol. The van der Waals surface area contributed by atoms with Gasteiger partial charge in [0.05, 0.1) is 6.10 Å². The van der Waals surface area contributed by atoms with Crippen LogP contribution in [0.15, 0.2) is 11.6 Å². The maximum absolute atomic E-state index is 11.0. The normalized spacial score (nSPS) is 44.8. The number of hydrogen-bond acceptors (Lipinski definition) is 3. The average molecular weight is 419 g/mol. The minimum Gasteiger partial charge on any atom is -0.393 e. The van der Waals surface area contributed by atoms with Gasteiger partial charge in [-0.15, -0.1) is 0 Å². The molecule has 4 rings (SSSR count). The molecule has 0 unspecified atom stereocenters. The van der Waals surface area contributed by atoms with Gasteiger partial charge < -0.3 is 15.3 Å².